The van der Waals surface area contributed by atoms with Gasteiger partial charge in [-0.25, -0.2) is 0 Å². The van der Waals surface area contributed by atoms with Gasteiger partial charge in [-0.15, -0.1) is 0 Å². The van der Waals surface area contributed by atoms with Crippen LogP contribution in [0.15, 0.2) is 18.2 Å². The van der Waals surface area contributed by atoms with Crippen molar-refractivity contribution in [2.75, 3.05) is 12.4 Å². The summed E-state index contributed by atoms with van der Waals surface area (Å²) in [4.78, 5) is 11.7. The number of alkyl halides is 1. The van der Waals surface area contributed by atoms with Gasteiger partial charge < -0.3 is 10.1 Å². The minimum absolute atomic E-state index is 0.128. The Morgan fingerprint density at radius 2 is 2.12 bits per heavy atom. The van der Waals surface area contributed by atoms with E-state index >= 15 is 0 Å². The van der Waals surface area contributed by atoms with Gasteiger partial charge in [-0.05, 0) is 26.0 Å². The number of benzene rings is 1. The Bertz CT molecular complexity index is 401. The Morgan fingerprint density at radius 1 is 1.50 bits per heavy atom. The van der Waals surface area contributed by atoms with Gasteiger partial charge in [0.25, 0.3) is 0 Å². The summed E-state index contributed by atoms with van der Waals surface area (Å²) >= 11 is 9.16. The van der Waals surface area contributed by atoms with Crippen molar-refractivity contribution >= 4 is 39.1 Å². The van der Waals surface area contributed by atoms with Crippen molar-refractivity contribution in [3.8, 4) is 5.75 Å². The fraction of sp³-hybridized carbons (Fsp3) is 0.364. The van der Waals surface area contributed by atoms with Crippen LogP contribution in [0, 0.1) is 0 Å². The highest BCUT2D eigenvalue weighted by molar-refractivity contribution is 9.10. The summed E-state index contributed by atoms with van der Waals surface area (Å²) in [7, 11) is 1.53. The summed E-state index contributed by atoms with van der Waals surface area (Å²) in [6, 6.07) is 5.08. The zero-order valence-corrected chi connectivity index (χ0v) is 11.6. The molecular weight excluding hydrogens is 293 g/mol. The molecule has 1 N–H and O–H groups in total. The third-order valence-corrected chi connectivity index (χ3v) is 2.62. The molecular formula is C11H13BrClNO2. The number of halogens is 2. The average molecular weight is 307 g/mol. The Labute approximate surface area is 108 Å². The molecule has 0 aromatic heterocycles. The van der Waals surface area contributed by atoms with Crippen molar-refractivity contribution in [1.29, 1.82) is 0 Å². The van der Waals surface area contributed by atoms with E-state index in [2.05, 4.69) is 21.2 Å². The van der Waals surface area contributed by atoms with Gasteiger partial charge in [0.05, 0.1) is 16.5 Å². The second kappa shape index (κ2) is 5.06. The van der Waals surface area contributed by atoms with Crippen LogP contribution in [0.5, 0.6) is 5.75 Å². The van der Waals surface area contributed by atoms with E-state index in [9.17, 15) is 4.79 Å². The van der Waals surface area contributed by atoms with Gasteiger partial charge in [0.1, 0.15) is 5.75 Å². The summed E-state index contributed by atoms with van der Waals surface area (Å²) in [6.07, 6.45) is 0. The van der Waals surface area contributed by atoms with Crippen LogP contribution in [0.25, 0.3) is 0 Å². The van der Waals surface area contributed by atoms with E-state index in [1.54, 1.807) is 32.0 Å². The first kappa shape index (κ1) is 13.3. The van der Waals surface area contributed by atoms with E-state index in [1.165, 1.54) is 7.11 Å². The maximum absolute atomic E-state index is 11.7. The minimum atomic E-state index is -0.611. The molecule has 0 heterocycles. The van der Waals surface area contributed by atoms with Gasteiger partial charge in [-0.1, -0.05) is 27.5 Å². The van der Waals surface area contributed by atoms with E-state index in [-0.39, 0.29) is 5.91 Å². The maximum atomic E-state index is 11.7. The molecule has 0 aliphatic carbocycles. The zero-order chi connectivity index (χ0) is 12.3. The second-order valence-electron chi connectivity index (χ2n) is 3.78. The molecule has 1 rings (SSSR count). The molecule has 1 aromatic carbocycles. The van der Waals surface area contributed by atoms with E-state index in [4.69, 9.17) is 16.3 Å². The molecule has 88 valence electrons. The van der Waals surface area contributed by atoms with Gasteiger partial charge in [0, 0.05) is 11.8 Å². The van der Waals surface area contributed by atoms with Crippen LogP contribution >= 0.6 is 27.5 Å². The summed E-state index contributed by atoms with van der Waals surface area (Å²) in [5.41, 5.74) is 0.652. The second-order valence-corrected chi connectivity index (χ2v) is 6.17. The van der Waals surface area contributed by atoms with Crippen molar-refractivity contribution in [1.82, 2.24) is 0 Å². The summed E-state index contributed by atoms with van der Waals surface area (Å²) in [5.74, 6) is 0.406. The molecule has 1 amide bonds. The van der Waals surface area contributed by atoms with Crippen LogP contribution in [0.1, 0.15) is 13.8 Å². The minimum Gasteiger partial charge on any atom is -0.495 e. The van der Waals surface area contributed by atoms with E-state index in [0.29, 0.717) is 16.5 Å². The molecule has 0 saturated carbocycles. The lowest BCUT2D eigenvalue weighted by atomic mass is 10.2. The Balaban J connectivity index is 2.87. The quantitative estimate of drug-likeness (QED) is 0.869. The normalized spacial score (nSPS) is 11.1. The highest BCUT2D eigenvalue weighted by Crippen LogP contribution is 2.28. The highest BCUT2D eigenvalue weighted by Gasteiger charge is 2.23. The van der Waals surface area contributed by atoms with Crippen LogP contribution in [0.4, 0.5) is 5.69 Å². The molecule has 0 spiro atoms. The number of amides is 1. The van der Waals surface area contributed by atoms with Crippen LogP contribution < -0.4 is 10.1 Å². The largest absolute Gasteiger partial charge is 0.495 e. The lowest BCUT2D eigenvalue weighted by Crippen LogP contribution is -2.30. The highest BCUT2D eigenvalue weighted by atomic mass is 79.9. The van der Waals surface area contributed by atoms with Gasteiger partial charge in [0.15, 0.2) is 0 Å². The van der Waals surface area contributed by atoms with Gasteiger partial charge in [-0.2, -0.15) is 0 Å². The molecule has 16 heavy (non-hydrogen) atoms. The van der Waals surface area contributed by atoms with Crippen molar-refractivity contribution in [2.24, 2.45) is 0 Å². The first-order valence-corrected chi connectivity index (χ1v) is 5.85. The van der Waals surface area contributed by atoms with Crippen LogP contribution in [0.2, 0.25) is 5.02 Å². The van der Waals surface area contributed by atoms with E-state index < -0.39 is 4.32 Å². The monoisotopic (exact) mass is 305 g/mol. The lowest BCUT2D eigenvalue weighted by Gasteiger charge is -2.16. The standard InChI is InChI=1S/C11H13BrClNO2/c1-11(2,12)10(15)14-7-4-5-8(13)9(6-7)16-3/h4-6H,1-3H3,(H,14,15). The number of methoxy groups -OCH3 is 1. The molecule has 0 bridgehead atoms. The molecule has 0 unspecified atom stereocenters. The zero-order valence-electron chi connectivity index (χ0n) is 9.30. The molecule has 0 radical (unpaired) electrons. The van der Waals surface area contributed by atoms with Crippen molar-refractivity contribution in [2.45, 2.75) is 18.2 Å². The van der Waals surface area contributed by atoms with Crippen LogP contribution in [-0.4, -0.2) is 17.3 Å². The Morgan fingerprint density at radius 3 is 2.62 bits per heavy atom. The molecule has 0 aliphatic rings. The lowest BCUT2D eigenvalue weighted by molar-refractivity contribution is -0.117. The molecule has 0 fully saturated rings. The van der Waals surface area contributed by atoms with E-state index in [1.807, 2.05) is 0 Å². The number of hydrogen-bond acceptors (Lipinski definition) is 2. The first-order chi connectivity index (χ1) is 7.34. The molecule has 0 atom stereocenters. The molecule has 0 saturated heterocycles. The smallest absolute Gasteiger partial charge is 0.240 e. The SMILES string of the molecule is COc1cc(NC(=O)C(C)(C)Br)ccc1Cl. The predicted molar refractivity (Wildman–Crippen MR) is 69.6 cm³/mol. The van der Waals surface area contributed by atoms with Gasteiger partial charge in [-0.3, -0.25) is 4.79 Å². The van der Waals surface area contributed by atoms with Crippen LogP contribution in [-0.2, 0) is 4.79 Å². The average Bonchev–Trinajstić information content (AvgIpc) is 2.19. The molecule has 3 nitrogen and oxygen atoms in total. The Hall–Kier alpha value is -0.740. The fourth-order valence-electron chi connectivity index (χ4n) is 1.02. The number of rotatable bonds is 3. The summed E-state index contributed by atoms with van der Waals surface area (Å²) in [5, 5.41) is 3.27. The number of carbonyl (C=O) groups is 1. The topological polar surface area (TPSA) is 38.3 Å². The third kappa shape index (κ3) is 3.39. The summed E-state index contributed by atoms with van der Waals surface area (Å²) in [6.45, 7) is 3.55. The van der Waals surface area contributed by atoms with Crippen molar-refractivity contribution in [3.05, 3.63) is 23.2 Å². The van der Waals surface area contributed by atoms with E-state index in [0.717, 1.165) is 0 Å². The number of nitrogens with one attached hydrogen (secondary N) is 1. The number of hydrogen-bond donors (Lipinski definition) is 1. The summed E-state index contributed by atoms with van der Waals surface area (Å²) < 4.78 is 4.45. The first-order valence-electron chi connectivity index (χ1n) is 4.68. The fourth-order valence-corrected chi connectivity index (χ4v) is 1.31. The molecule has 0 aliphatic heterocycles. The number of carbonyl (C=O) groups excluding carboxylic acids is 1. The maximum Gasteiger partial charge on any atom is 0.240 e. The Kier molecular flexibility index (Phi) is 4.21. The molecule has 1 aromatic rings. The third-order valence-electron chi connectivity index (χ3n) is 1.95. The van der Waals surface area contributed by atoms with Crippen molar-refractivity contribution < 1.29 is 9.53 Å². The van der Waals surface area contributed by atoms with Gasteiger partial charge >= 0.3 is 0 Å². The van der Waals surface area contributed by atoms with Gasteiger partial charge in [0.2, 0.25) is 5.91 Å². The van der Waals surface area contributed by atoms with Crippen molar-refractivity contribution in [3.63, 3.8) is 0 Å². The predicted octanol–water partition coefficient (Wildman–Crippen LogP) is 3.46. The number of ether oxygens (including phenoxy) is 1. The van der Waals surface area contributed by atoms with Crippen LogP contribution in [0.3, 0.4) is 0 Å². The number of anilines is 1. The molecule has 5 heteroatoms.